The number of rotatable bonds is 6. The third-order valence-corrected chi connectivity index (χ3v) is 5.32. The quantitative estimate of drug-likeness (QED) is 0.675. The van der Waals surface area contributed by atoms with Crippen LogP contribution in [0.3, 0.4) is 0 Å². The summed E-state index contributed by atoms with van der Waals surface area (Å²) in [6, 6.07) is 9.15. The number of carbonyl (C=O) groups is 2. The van der Waals surface area contributed by atoms with Gasteiger partial charge >= 0.3 is 0 Å². The van der Waals surface area contributed by atoms with Crippen LogP contribution in [0.2, 0.25) is 0 Å². The van der Waals surface area contributed by atoms with Gasteiger partial charge in [-0.15, -0.1) is 22.7 Å². The van der Waals surface area contributed by atoms with E-state index in [0.717, 1.165) is 10.4 Å². The summed E-state index contributed by atoms with van der Waals surface area (Å²) in [5, 5.41) is 7.59. The number of halogens is 1. The molecule has 0 spiro atoms. The van der Waals surface area contributed by atoms with E-state index in [1.54, 1.807) is 36.7 Å². The third-order valence-electron chi connectivity index (χ3n) is 3.54. The molecule has 0 radical (unpaired) electrons. The van der Waals surface area contributed by atoms with Crippen LogP contribution in [-0.4, -0.2) is 22.8 Å². The number of thiazole rings is 1. The number of carbonyl (C=O) groups excluding carboxylic acids is 2. The van der Waals surface area contributed by atoms with Crippen molar-refractivity contribution in [1.82, 2.24) is 10.3 Å². The first-order valence-electron chi connectivity index (χ1n) is 7.85. The number of nitrogens with one attached hydrogen (secondary N) is 2. The highest BCUT2D eigenvalue weighted by atomic mass is 32.1. The van der Waals surface area contributed by atoms with Gasteiger partial charge in [0.25, 0.3) is 5.91 Å². The van der Waals surface area contributed by atoms with Crippen molar-refractivity contribution in [2.45, 2.75) is 19.4 Å². The zero-order valence-corrected chi connectivity index (χ0v) is 15.5. The lowest BCUT2D eigenvalue weighted by Crippen LogP contribution is -2.41. The molecule has 8 heteroatoms. The lowest BCUT2D eigenvalue weighted by molar-refractivity contribution is -0.117. The summed E-state index contributed by atoms with van der Waals surface area (Å²) in [4.78, 5) is 29.8. The molecule has 1 atom stereocenters. The first kappa shape index (κ1) is 18.2. The van der Waals surface area contributed by atoms with Crippen LogP contribution in [0.5, 0.6) is 0 Å². The Morgan fingerprint density at radius 1 is 1.27 bits per heavy atom. The van der Waals surface area contributed by atoms with Gasteiger partial charge in [-0.1, -0.05) is 18.2 Å². The Hall–Kier alpha value is -2.58. The molecule has 0 saturated heterocycles. The second-order valence-electron chi connectivity index (χ2n) is 5.60. The second-order valence-corrected chi connectivity index (χ2v) is 7.66. The summed E-state index contributed by atoms with van der Waals surface area (Å²) in [6.07, 6.45) is 2.19. The number of hydrogen-bond acceptors (Lipinski definition) is 5. The molecule has 0 bridgehead atoms. The molecule has 0 saturated carbocycles. The van der Waals surface area contributed by atoms with Gasteiger partial charge in [0.2, 0.25) is 5.91 Å². The smallest absolute Gasteiger partial charge is 0.261 e. The lowest BCUT2D eigenvalue weighted by atomic mass is 10.1. The van der Waals surface area contributed by atoms with Gasteiger partial charge in [0.1, 0.15) is 11.9 Å². The minimum absolute atomic E-state index is 0.282. The van der Waals surface area contributed by atoms with Crippen molar-refractivity contribution in [3.05, 3.63) is 69.1 Å². The molecule has 2 aromatic heterocycles. The molecule has 0 aliphatic carbocycles. The minimum Gasteiger partial charge on any atom is -0.340 e. The standard InChI is InChI=1S/C18H16FN3O2S2/c1-11(21-17(24)15-6-3-7-25-15)16(23)22-18-20-10-14(26-18)9-12-4-2-5-13(19)8-12/h2-8,10-11H,9H2,1H3,(H,21,24)(H,20,22,23). The summed E-state index contributed by atoms with van der Waals surface area (Å²) in [6.45, 7) is 1.61. The topological polar surface area (TPSA) is 71.1 Å². The van der Waals surface area contributed by atoms with Gasteiger partial charge in [-0.05, 0) is 36.1 Å². The average molecular weight is 389 g/mol. The summed E-state index contributed by atoms with van der Waals surface area (Å²) in [5.41, 5.74) is 0.836. The molecule has 2 amide bonds. The minimum atomic E-state index is -0.694. The molecule has 0 aliphatic rings. The summed E-state index contributed by atoms with van der Waals surface area (Å²) in [5.74, 6) is -0.911. The molecule has 26 heavy (non-hydrogen) atoms. The fraction of sp³-hybridized carbons (Fsp3) is 0.167. The number of thiophene rings is 1. The van der Waals surface area contributed by atoms with Crippen LogP contribution in [0.4, 0.5) is 9.52 Å². The Morgan fingerprint density at radius 3 is 2.85 bits per heavy atom. The number of hydrogen-bond donors (Lipinski definition) is 2. The summed E-state index contributed by atoms with van der Waals surface area (Å²) < 4.78 is 13.2. The Labute approximate surface area is 157 Å². The van der Waals surface area contributed by atoms with Gasteiger partial charge in [0.05, 0.1) is 4.88 Å². The Morgan fingerprint density at radius 2 is 2.12 bits per heavy atom. The second kappa shape index (κ2) is 8.20. The normalized spacial score (nSPS) is 11.8. The van der Waals surface area contributed by atoms with Crippen LogP contribution in [-0.2, 0) is 11.2 Å². The van der Waals surface area contributed by atoms with E-state index >= 15 is 0 Å². The number of amides is 2. The van der Waals surface area contributed by atoms with Crippen LogP contribution in [0.25, 0.3) is 0 Å². The fourth-order valence-electron chi connectivity index (χ4n) is 2.25. The van der Waals surface area contributed by atoms with E-state index < -0.39 is 6.04 Å². The zero-order chi connectivity index (χ0) is 18.5. The van der Waals surface area contributed by atoms with E-state index in [0.29, 0.717) is 16.4 Å². The molecule has 2 heterocycles. The maximum Gasteiger partial charge on any atom is 0.261 e. The first-order chi connectivity index (χ1) is 12.5. The molecule has 0 aliphatic heterocycles. The average Bonchev–Trinajstić information content (AvgIpc) is 3.27. The summed E-state index contributed by atoms with van der Waals surface area (Å²) >= 11 is 2.63. The van der Waals surface area contributed by atoms with E-state index in [-0.39, 0.29) is 17.6 Å². The Balaban J connectivity index is 1.56. The summed E-state index contributed by atoms with van der Waals surface area (Å²) in [7, 11) is 0. The van der Waals surface area contributed by atoms with E-state index in [9.17, 15) is 14.0 Å². The van der Waals surface area contributed by atoms with Crippen molar-refractivity contribution in [2.24, 2.45) is 0 Å². The number of nitrogens with zero attached hydrogens (tertiary/aromatic N) is 1. The van der Waals surface area contributed by atoms with Crippen molar-refractivity contribution in [3.8, 4) is 0 Å². The molecule has 1 aromatic carbocycles. The molecule has 0 fully saturated rings. The van der Waals surface area contributed by atoms with Gasteiger partial charge in [-0.2, -0.15) is 0 Å². The third kappa shape index (κ3) is 4.74. The van der Waals surface area contributed by atoms with Crippen LogP contribution in [0.15, 0.2) is 48.0 Å². The maximum absolute atomic E-state index is 13.2. The predicted octanol–water partition coefficient (Wildman–Crippen LogP) is 3.69. The van der Waals surface area contributed by atoms with Gasteiger partial charge < -0.3 is 10.6 Å². The van der Waals surface area contributed by atoms with E-state index in [4.69, 9.17) is 0 Å². The highest BCUT2D eigenvalue weighted by Gasteiger charge is 2.18. The Bertz CT molecular complexity index is 909. The van der Waals surface area contributed by atoms with E-state index in [2.05, 4.69) is 15.6 Å². The van der Waals surface area contributed by atoms with Gasteiger partial charge in [0.15, 0.2) is 5.13 Å². The molecule has 134 valence electrons. The van der Waals surface area contributed by atoms with Crippen LogP contribution < -0.4 is 10.6 Å². The van der Waals surface area contributed by atoms with Crippen LogP contribution >= 0.6 is 22.7 Å². The van der Waals surface area contributed by atoms with Crippen LogP contribution in [0, 0.1) is 5.82 Å². The SMILES string of the molecule is CC(NC(=O)c1cccs1)C(=O)Nc1ncc(Cc2cccc(F)c2)s1. The monoisotopic (exact) mass is 389 g/mol. The first-order valence-corrected chi connectivity index (χ1v) is 9.55. The number of aromatic nitrogens is 1. The van der Waals surface area contributed by atoms with Crippen molar-refractivity contribution < 1.29 is 14.0 Å². The van der Waals surface area contributed by atoms with Gasteiger partial charge in [-0.25, -0.2) is 9.37 Å². The molecular formula is C18H16FN3O2S2. The van der Waals surface area contributed by atoms with Gasteiger partial charge in [-0.3, -0.25) is 9.59 Å². The van der Waals surface area contributed by atoms with E-state index in [1.165, 1.54) is 34.8 Å². The van der Waals surface area contributed by atoms with E-state index in [1.807, 2.05) is 6.07 Å². The molecule has 2 N–H and O–H groups in total. The number of benzene rings is 1. The highest BCUT2D eigenvalue weighted by Crippen LogP contribution is 2.21. The molecule has 3 aromatic rings. The molecule has 1 unspecified atom stereocenters. The van der Waals surface area contributed by atoms with Crippen molar-refractivity contribution in [3.63, 3.8) is 0 Å². The molecule has 3 rings (SSSR count). The maximum atomic E-state index is 13.2. The van der Waals surface area contributed by atoms with Crippen molar-refractivity contribution in [2.75, 3.05) is 5.32 Å². The van der Waals surface area contributed by atoms with Crippen molar-refractivity contribution >= 4 is 39.6 Å². The highest BCUT2D eigenvalue weighted by molar-refractivity contribution is 7.15. The van der Waals surface area contributed by atoms with Crippen LogP contribution in [0.1, 0.15) is 27.0 Å². The molecular weight excluding hydrogens is 373 g/mol. The Kier molecular flexibility index (Phi) is 5.75. The largest absolute Gasteiger partial charge is 0.340 e. The van der Waals surface area contributed by atoms with Gasteiger partial charge in [0, 0.05) is 17.5 Å². The lowest BCUT2D eigenvalue weighted by Gasteiger charge is -2.12. The molecule has 5 nitrogen and oxygen atoms in total. The number of anilines is 1. The fourth-order valence-corrected chi connectivity index (χ4v) is 3.73. The zero-order valence-electron chi connectivity index (χ0n) is 13.9. The van der Waals surface area contributed by atoms with Crippen molar-refractivity contribution in [1.29, 1.82) is 0 Å². The predicted molar refractivity (Wildman–Crippen MR) is 101 cm³/mol.